The lowest BCUT2D eigenvalue weighted by atomic mass is 9.55. The van der Waals surface area contributed by atoms with Crippen LogP contribution in [0.3, 0.4) is 0 Å². The van der Waals surface area contributed by atoms with E-state index in [1.54, 1.807) is 19.3 Å². The Morgan fingerprint density at radius 3 is 2.61 bits per heavy atom. The van der Waals surface area contributed by atoms with Gasteiger partial charge < -0.3 is 4.74 Å². The van der Waals surface area contributed by atoms with E-state index in [9.17, 15) is 9.59 Å². The number of methoxy groups -OCH3 is 1. The van der Waals surface area contributed by atoms with Crippen molar-refractivity contribution in [3.05, 3.63) is 65.3 Å². The highest BCUT2D eigenvalue weighted by molar-refractivity contribution is 6.05. The Kier molecular flexibility index (Phi) is 5.09. The summed E-state index contributed by atoms with van der Waals surface area (Å²) in [5.41, 5.74) is 3.15. The van der Waals surface area contributed by atoms with Crippen molar-refractivity contribution < 1.29 is 14.3 Å². The first kappa shape index (κ1) is 18.9. The van der Waals surface area contributed by atoms with Crippen molar-refractivity contribution in [1.29, 1.82) is 0 Å². The summed E-state index contributed by atoms with van der Waals surface area (Å²) in [5, 5.41) is 0. The topological polar surface area (TPSA) is 43.4 Å². The van der Waals surface area contributed by atoms with Crippen molar-refractivity contribution in [3.63, 3.8) is 0 Å². The van der Waals surface area contributed by atoms with Crippen molar-refractivity contribution in [2.75, 3.05) is 7.11 Å². The molecule has 0 aliphatic heterocycles. The van der Waals surface area contributed by atoms with E-state index in [1.165, 1.54) is 11.1 Å². The van der Waals surface area contributed by atoms with Crippen LogP contribution in [-0.4, -0.2) is 18.7 Å². The largest absolute Gasteiger partial charge is 0.497 e. The standard InChI is InChI=1S/C25H28O3/c1-3-4-5-6-18-16-23(27)24-22(17-7-10-21(28-2)11-8-17)12-9-19-15-20(26)13-14-25(18,19)24/h7-8,10-11,13-16,22,24H,3-6,9,12H2,1-2H3/t22-,24-,25+/m1/s1. The van der Waals surface area contributed by atoms with Crippen molar-refractivity contribution >= 4 is 11.6 Å². The van der Waals surface area contributed by atoms with Gasteiger partial charge in [-0.1, -0.05) is 49.1 Å². The van der Waals surface area contributed by atoms with Gasteiger partial charge in [-0.15, -0.1) is 0 Å². The lowest BCUT2D eigenvalue weighted by Gasteiger charge is -2.47. The Balaban J connectivity index is 1.74. The smallest absolute Gasteiger partial charge is 0.178 e. The van der Waals surface area contributed by atoms with Crippen LogP contribution in [0.4, 0.5) is 0 Å². The summed E-state index contributed by atoms with van der Waals surface area (Å²) in [6, 6.07) is 8.13. The van der Waals surface area contributed by atoms with Crippen molar-refractivity contribution in [1.82, 2.24) is 0 Å². The molecule has 3 heteroatoms. The van der Waals surface area contributed by atoms with Gasteiger partial charge in [0.25, 0.3) is 0 Å². The van der Waals surface area contributed by atoms with Crippen LogP contribution >= 0.6 is 0 Å². The third kappa shape index (κ3) is 2.97. The van der Waals surface area contributed by atoms with Crippen LogP contribution in [0, 0.1) is 11.3 Å². The number of hydrogen-bond donors (Lipinski definition) is 0. The summed E-state index contributed by atoms with van der Waals surface area (Å²) < 4.78 is 5.30. The fraction of sp³-hybridized carbons (Fsp3) is 0.440. The van der Waals surface area contributed by atoms with E-state index in [4.69, 9.17) is 4.74 Å². The molecule has 0 aromatic heterocycles. The van der Waals surface area contributed by atoms with Crippen LogP contribution in [0.2, 0.25) is 0 Å². The Hall–Kier alpha value is -2.42. The summed E-state index contributed by atoms with van der Waals surface area (Å²) in [6.45, 7) is 2.19. The van der Waals surface area contributed by atoms with E-state index in [0.29, 0.717) is 0 Å². The summed E-state index contributed by atoms with van der Waals surface area (Å²) in [6.07, 6.45) is 13.5. The van der Waals surface area contributed by atoms with Gasteiger partial charge >= 0.3 is 0 Å². The van der Waals surface area contributed by atoms with Crippen LogP contribution < -0.4 is 4.74 Å². The molecule has 0 heterocycles. The zero-order valence-corrected chi connectivity index (χ0v) is 16.7. The molecular weight excluding hydrogens is 348 g/mol. The molecule has 28 heavy (non-hydrogen) atoms. The minimum Gasteiger partial charge on any atom is -0.497 e. The quantitative estimate of drug-likeness (QED) is 0.630. The minimum atomic E-state index is -0.387. The van der Waals surface area contributed by atoms with E-state index < -0.39 is 0 Å². The molecule has 0 saturated heterocycles. The second-order valence-corrected chi connectivity index (χ2v) is 8.20. The van der Waals surface area contributed by atoms with Gasteiger partial charge in [0.2, 0.25) is 0 Å². The molecule has 1 saturated carbocycles. The third-order valence-electron chi connectivity index (χ3n) is 6.72. The normalized spacial score (nSPS) is 28.5. The number of ether oxygens (including phenoxy) is 1. The predicted octanol–water partition coefficient (Wildman–Crippen LogP) is 5.33. The molecule has 0 N–H and O–H groups in total. The second-order valence-electron chi connectivity index (χ2n) is 8.20. The molecular formula is C25H28O3. The first-order valence-electron chi connectivity index (χ1n) is 10.4. The Morgan fingerprint density at radius 1 is 1.11 bits per heavy atom. The zero-order chi connectivity index (χ0) is 19.7. The van der Waals surface area contributed by atoms with Gasteiger partial charge in [0.1, 0.15) is 5.75 Å². The maximum absolute atomic E-state index is 13.2. The van der Waals surface area contributed by atoms with Crippen LogP contribution in [0.15, 0.2) is 59.7 Å². The molecule has 0 radical (unpaired) electrons. The van der Waals surface area contributed by atoms with Gasteiger partial charge in [-0.05, 0) is 67.5 Å². The van der Waals surface area contributed by atoms with Crippen molar-refractivity contribution in [2.45, 2.75) is 51.4 Å². The first-order chi connectivity index (χ1) is 13.6. The van der Waals surface area contributed by atoms with E-state index >= 15 is 0 Å². The number of hydrogen-bond acceptors (Lipinski definition) is 3. The minimum absolute atomic E-state index is 0.0505. The van der Waals surface area contributed by atoms with E-state index in [-0.39, 0.29) is 28.8 Å². The monoisotopic (exact) mass is 376 g/mol. The number of ketones is 2. The van der Waals surface area contributed by atoms with E-state index in [0.717, 1.165) is 49.8 Å². The lowest BCUT2D eigenvalue weighted by molar-refractivity contribution is -0.120. The number of rotatable bonds is 6. The fourth-order valence-electron chi connectivity index (χ4n) is 5.41. The average Bonchev–Trinajstić information content (AvgIpc) is 3.00. The number of carbonyl (C=O) groups is 2. The van der Waals surface area contributed by atoms with Gasteiger partial charge in [0, 0.05) is 11.3 Å². The average molecular weight is 376 g/mol. The number of unbranched alkanes of at least 4 members (excludes halogenated alkanes) is 2. The van der Waals surface area contributed by atoms with E-state index in [1.807, 2.05) is 24.3 Å². The molecule has 0 bridgehead atoms. The maximum atomic E-state index is 13.2. The van der Waals surface area contributed by atoms with Crippen molar-refractivity contribution in [3.8, 4) is 5.75 Å². The van der Waals surface area contributed by atoms with Crippen LogP contribution in [-0.2, 0) is 9.59 Å². The molecule has 1 fully saturated rings. The highest BCUT2D eigenvalue weighted by Crippen LogP contribution is 2.61. The fourth-order valence-corrected chi connectivity index (χ4v) is 5.41. The SMILES string of the molecule is CCCCCC1=CC(=O)[C@H]2[C@@H](c3ccc(OC)cc3)CCC3=CC(=O)C=C[C@]132. The molecule has 3 aliphatic rings. The molecule has 3 aliphatic carbocycles. The van der Waals surface area contributed by atoms with Gasteiger partial charge in [0.15, 0.2) is 11.6 Å². The van der Waals surface area contributed by atoms with Gasteiger partial charge in [-0.3, -0.25) is 9.59 Å². The third-order valence-corrected chi connectivity index (χ3v) is 6.72. The maximum Gasteiger partial charge on any atom is 0.178 e. The van der Waals surface area contributed by atoms with Gasteiger partial charge in [-0.25, -0.2) is 0 Å². The van der Waals surface area contributed by atoms with Crippen LogP contribution in [0.5, 0.6) is 5.75 Å². The van der Waals surface area contributed by atoms with Crippen molar-refractivity contribution in [2.24, 2.45) is 11.3 Å². The summed E-state index contributed by atoms with van der Waals surface area (Å²) >= 11 is 0. The van der Waals surface area contributed by atoms with Crippen LogP contribution in [0.1, 0.15) is 56.9 Å². The van der Waals surface area contributed by atoms with Gasteiger partial charge in [-0.2, -0.15) is 0 Å². The molecule has 146 valence electrons. The predicted molar refractivity (Wildman–Crippen MR) is 110 cm³/mol. The number of benzene rings is 1. The van der Waals surface area contributed by atoms with Crippen LogP contribution in [0.25, 0.3) is 0 Å². The Morgan fingerprint density at radius 2 is 1.89 bits per heavy atom. The summed E-state index contributed by atoms with van der Waals surface area (Å²) in [4.78, 5) is 25.3. The Labute approximate surface area is 167 Å². The molecule has 1 aromatic carbocycles. The highest BCUT2D eigenvalue weighted by atomic mass is 16.5. The Bertz CT molecular complexity index is 872. The number of allylic oxidation sites excluding steroid dienone is 6. The second kappa shape index (κ2) is 7.54. The molecule has 0 unspecified atom stereocenters. The molecule has 1 aromatic rings. The molecule has 4 rings (SSSR count). The lowest BCUT2D eigenvalue weighted by Crippen LogP contribution is -2.41. The molecule has 0 amide bonds. The summed E-state index contributed by atoms with van der Waals surface area (Å²) in [5.74, 6) is 1.12. The van der Waals surface area contributed by atoms with E-state index in [2.05, 4.69) is 19.1 Å². The molecule has 3 nitrogen and oxygen atoms in total. The first-order valence-corrected chi connectivity index (χ1v) is 10.4. The zero-order valence-electron chi connectivity index (χ0n) is 16.7. The van der Waals surface area contributed by atoms with Gasteiger partial charge in [0.05, 0.1) is 7.11 Å². The highest BCUT2D eigenvalue weighted by Gasteiger charge is 2.56. The summed E-state index contributed by atoms with van der Waals surface area (Å²) in [7, 11) is 1.67. The number of carbonyl (C=O) groups excluding carboxylic acids is 2. The molecule has 3 atom stereocenters. The molecule has 1 spiro atoms.